The second-order valence-corrected chi connectivity index (χ2v) is 7.38. The van der Waals surface area contributed by atoms with Gasteiger partial charge in [0.15, 0.2) is 0 Å². The number of benzene rings is 3. The van der Waals surface area contributed by atoms with Crippen LogP contribution in [0.5, 0.6) is 0 Å². The summed E-state index contributed by atoms with van der Waals surface area (Å²) in [4.78, 5) is 27.8. The van der Waals surface area contributed by atoms with Crippen LogP contribution in [0, 0.1) is 6.92 Å². The van der Waals surface area contributed by atoms with Gasteiger partial charge in [-0.1, -0.05) is 66.2 Å². The molecule has 0 saturated carbocycles. The molecule has 30 heavy (non-hydrogen) atoms. The quantitative estimate of drug-likeness (QED) is 0.472. The van der Waals surface area contributed by atoms with Crippen molar-refractivity contribution >= 4 is 33.8 Å². The van der Waals surface area contributed by atoms with Gasteiger partial charge in [0.2, 0.25) is 0 Å². The molecule has 0 saturated heterocycles. The molecule has 152 valence electrons. The third-order valence-corrected chi connectivity index (χ3v) is 5.29. The van der Waals surface area contributed by atoms with Crippen molar-refractivity contribution in [2.75, 3.05) is 25.6 Å². The van der Waals surface area contributed by atoms with Gasteiger partial charge in [-0.2, -0.15) is 0 Å². The molecule has 1 aliphatic rings. The fourth-order valence-corrected chi connectivity index (χ4v) is 3.72. The molecule has 1 N–H and O–H groups in total. The number of ether oxygens (including phenoxy) is 1. The van der Waals surface area contributed by atoms with E-state index in [9.17, 15) is 9.59 Å². The van der Waals surface area contributed by atoms with Gasteiger partial charge < -0.3 is 10.1 Å². The molecule has 0 aromatic heterocycles. The van der Waals surface area contributed by atoms with E-state index in [2.05, 4.69) is 5.32 Å². The molecule has 0 aliphatic carbocycles. The van der Waals surface area contributed by atoms with Crippen LogP contribution in [0.25, 0.3) is 16.3 Å². The summed E-state index contributed by atoms with van der Waals surface area (Å²) < 4.78 is 5.09. The van der Waals surface area contributed by atoms with Crippen LogP contribution < -0.4 is 5.32 Å². The molecule has 3 aromatic carbocycles. The van der Waals surface area contributed by atoms with E-state index in [4.69, 9.17) is 4.74 Å². The molecule has 0 radical (unpaired) electrons. The van der Waals surface area contributed by atoms with Crippen molar-refractivity contribution in [2.24, 2.45) is 0 Å². The Kier molecular flexibility index (Phi) is 5.63. The van der Waals surface area contributed by atoms with Gasteiger partial charge in [0.1, 0.15) is 5.70 Å². The number of fused-ring (bicyclic) bond motifs is 1. The Morgan fingerprint density at radius 3 is 2.40 bits per heavy atom. The fraction of sp³-hybridized carbons (Fsp3) is 0.200. The van der Waals surface area contributed by atoms with Crippen LogP contribution in [0.3, 0.4) is 0 Å². The molecular formula is C25H24N2O3. The van der Waals surface area contributed by atoms with Crippen molar-refractivity contribution in [2.45, 2.75) is 13.3 Å². The van der Waals surface area contributed by atoms with E-state index in [1.807, 2.05) is 73.7 Å². The van der Waals surface area contributed by atoms with E-state index in [1.165, 1.54) is 4.90 Å². The first-order valence-electron chi connectivity index (χ1n) is 10.0. The normalized spacial score (nSPS) is 14.1. The van der Waals surface area contributed by atoms with Crippen LogP contribution in [0.4, 0.5) is 5.69 Å². The first kappa shape index (κ1) is 19.9. The molecule has 0 spiro atoms. The summed E-state index contributed by atoms with van der Waals surface area (Å²) in [5, 5.41) is 5.34. The zero-order chi connectivity index (χ0) is 21.1. The largest absolute Gasteiger partial charge is 0.385 e. The first-order valence-corrected chi connectivity index (χ1v) is 10.0. The lowest BCUT2D eigenvalue weighted by atomic mass is 10.0. The minimum absolute atomic E-state index is 0.275. The van der Waals surface area contributed by atoms with E-state index in [0.29, 0.717) is 30.8 Å². The molecule has 3 aromatic rings. The molecule has 5 nitrogen and oxygen atoms in total. The van der Waals surface area contributed by atoms with Crippen LogP contribution in [-0.4, -0.2) is 37.0 Å². The van der Waals surface area contributed by atoms with Crippen molar-refractivity contribution < 1.29 is 14.3 Å². The molecule has 0 unspecified atom stereocenters. The number of nitrogens with one attached hydrogen (secondary N) is 1. The van der Waals surface area contributed by atoms with Crippen LogP contribution in [0.1, 0.15) is 17.5 Å². The van der Waals surface area contributed by atoms with Gasteiger partial charge in [-0.3, -0.25) is 14.5 Å². The Labute approximate surface area is 176 Å². The molecule has 5 heteroatoms. The molecule has 0 bridgehead atoms. The molecule has 1 aliphatic heterocycles. The molecule has 4 rings (SSSR count). The number of hydrogen-bond donors (Lipinski definition) is 1. The van der Waals surface area contributed by atoms with Gasteiger partial charge in [0.05, 0.1) is 5.57 Å². The zero-order valence-electron chi connectivity index (χ0n) is 17.1. The summed E-state index contributed by atoms with van der Waals surface area (Å²) in [6.07, 6.45) is 0.594. The van der Waals surface area contributed by atoms with Crippen molar-refractivity contribution in [3.05, 3.63) is 83.6 Å². The third-order valence-electron chi connectivity index (χ3n) is 5.29. The number of anilines is 1. The van der Waals surface area contributed by atoms with Crippen molar-refractivity contribution in [1.82, 2.24) is 4.90 Å². The Morgan fingerprint density at radius 2 is 1.63 bits per heavy atom. The molecular weight excluding hydrogens is 376 g/mol. The second-order valence-electron chi connectivity index (χ2n) is 7.38. The summed E-state index contributed by atoms with van der Waals surface area (Å²) in [6.45, 7) is 2.80. The lowest BCUT2D eigenvalue weighted by Gasteiger charge is -2.15. The number of carbonyl (C=O) groups excluding carboxylic acids is 2. The number of amides is 2. The fourth-order valence-electron chi connectivity index (χ4n) is 3.72. The van der Waals surface area contributed by atoms with E-state index in [0.717, 1.165) is 27.6 Å². The van der Waals surface area contributed by atoms with E-state index < -0.39 is 0 Å². The first-order chi connectivity index (χ1) is 14.6. The summed E-state index contributed by atoms with van der Waals surface area (Å²) in [5.41, 5.74) is 3.35. The monoisotopic (exact) mass is 400 g/mol. The second kappa shape index (κ2) is 8.51. The van der Waals surface area contributed by atoms with Crippen molar-refractivity contribution in [1.29, 1.82) is 0 Å². The maximum atomic E-state index is 13.2. The summed E-state index contributed by atoms with van der Waals surface area (Å²) in [6, 6.07) is 21.5. The van der Waals surface area contributed by atoms with Crippen LogP contribution in [0.2, 0.25) is 0 Å². The zero-order valence-corrected chi connectivity index (χ0v) is 17.1. The molecule has 0 fully saturated rings. The number of aryl methyl sites for hydroxylation is 1. The Morgan fingerprint density at radius 1 is 0.900 bits per heavy atom. The number of imide groups is 1. The van der Waals surface area contributed by atoms with Gasteiger partial charge in [0, 0.05) is 31.3 Å². The lowest BCUT2D eigenvalue weighted by Crippen LogP contribution is -2.33. The van der Waals surface area contributed by atoms with Gasteiger partial charge >= 0.3 is 0 Å². The van der Waals surface area contributed by atoms with Crippen LogP contribution in [0.15, 0.2) is 72.4 Å². The predicted octanol–water partition coefficient (Wildman–Crippen LogP) is 4.38. The van der Waals surface area contributed by atoms with E-state index in [1.54, 1.807) is 7.11 Å². The van der Waals surface area contributed by atoms with Crippen LogP contribution in [-0.2, 0) is 14.3 Å². The number of hydrogen-bond acceptors (Lipinski definition) is 4. The molecule has 1 heterocycles. The Bertz CT molecular complexity index is 1130. The van der Waals surface area contributed by atoms with Gasteiger partial charge in [-0.05, 0) is 30.4 Å². The highest BCUT2D eigenvalue weighted by Crippen LogP contribution is 2.32. The number of methoxy groups -OCH3 is 1. The van der Waals surface area contributed by atoms with Crippen molar-refractivity contribution in [3.63, 3.8) is 0 Å². The summed E-state index contributed by atoms with van der Waals surface area (Å²) >= 11 is 0. The topological polar surface area (TPSA) is 58.6 Å². The highest BCUT2D eigenvalue weighted by atomic mass is 16.5. The van der Waals surface area contributed by atoms with E-state index in [-0.39, 0.29) is 11.8 Å². The number of carbonyl (C=O) groups is 2. The highest BCUT2D eigenvalue weighted by Gasteiger charge is 2.38. The van der Waals surface area contributed by atoms with E-state index >= 15 is 0 Å². The standard InChI is InChI=1S/C25H24N2O3/c1-17-11-13-19(14-12-17)22-23(25(29)27(24(22)28)15-6-16-30-2)26-21-10-5-8-18-7-3-4-9-20(18)21/h3-5,7-14,26H,6,15-16H2,1-2H3. The Hall–Kier alpha value is -3.44. The SMILES string of the molecule is COCCCN1C(=O)C(Nc2cccc3ccccc23)=C(c2ccc(C)cc2)C1=O. The predicted molar refractivity (Wildman–Crippen MR) is 119 cm³/mol. The third kappa shape index (κ3) is 3.72. The number of nitrogens with zero attached hydrogens (tertiary/aromatic N) is 1. The van der Waals surface area contributed by atoms with Gasteiger partial charge in [0.25, 0.3) is 11.8 Å². The maximum absolute atomic E-state index is 13.2. The average Bonchev–Trinajstić information content (AvgIpc) is 2.99. The van der Waals surface area contributed by atoms with Gasteiger partial charge in [-0.25, -0.2) is 0 Å². The van der Waals surface area contributed by atoms with Crippen LogP contribution >= 0.6 is 0 Å². The molecule has 0 atom stereocenters. The smallest absolute Gasteiger partial charge is 0.278 e. The minimum atomic E-state index is -0.306. The minimum Gasteiger partial charge on any atom is -0.385 e. The molecule has 2 amide bonds. The lowest BCUT2D eigenvalue weighted by molar-refractivity contribution is -0.136. The summed E-state index contributed by atoms with van der Waals surface area (Å²) in [7, 11) is 1.61. The average molecular weight is 400 g/mol. The Balaban J connectivity index is 1.77. The summed E-state index contributed by atoms with van der Waals surface area (Å²) in [5.74, 6) is -0.581. The van der Waals surface area contributed by atoms with Gasteiger partial charge in [-0.15, -0.1) is 0 Å². The highest BCUT2D eigenvalue weighted by molar-refractivity contribution is 6.36. The maximum Gasteiger partial charge on any atom is 0.278 e. The number of rotatable bonds is 7. The van der Waals surface area contributed by atoms with Crippen molar-refractivity contribution in [3.8, 4) is 0 Å².